The molecule has 0 bridgehead atoms. The van der Waals surface area contributed by atoms with E-state index in [1.54, 1.807) is 12.4 Å². The Hall–Kier alpha value is -3.52. The lowest BCUT2D eigenvalue weighted by molar-refractivity contribution is 0.122. The van der Waals surface area contributed by atoms with Crippen molar-refractivity contribution in [3.8, 4) is 22.9 Å². The van der Waals surface area contributed by atoms with E-state index >= 15 is 0 Å². The fourth-order valence-corrected chi connectivity index (χ4v) is 3.23. The molecule has 140 valence electrons. The summed E-state index contributed by atoms with van der Waals surface area (Å²) < 4.78 is 11.5. The molecule has 0 spiro atoms. The van der Waals surface area contributed by atoms with Crippen molar-refractivity contribution >= 4 is 16.9 Å². The standard InChI is InChI=1S/C20H18N6O2/c1-3-14(15-12-22-23-13-15)11-16(4-1)28-20-24-17-5-2-6-21-18(17)19(25-20)26-7-9-27-10-8-26/h1-6,11-13H,7-10H2,(H,22,23). The van der Waals surface area contributed by atoms with Crippen molar-refractivity contribution in [2.45, 2.75) is 0 Å². The van der Waals surface area contributed by atoms with Crippen molar-refractivity contribution in [1.82, 2.24) is 25.1 Å². The fraction of sp³-hybridized carbons (Fsp3) is 0.200. The quantitative estimate of drug-likeness (QED) is 0.587. The van der Waals surface area contributed by atoms with Crippen molar-refractivity contribution in [1.29, 1.82) is 0 Å². The maximum absolute atomic E-state index is 6.02. The zero-order valence-electron chi connectivity index (χ0n) is 15.1. The van der Waals surface area contributed by atoms with Crippen molar-refractivity contribution in [2.75, 3.05) is 31.2 Å². The van der Waals surface area contributed by atoms with E-state index in [0.29, 0.717) is 25.0 Å². The molecule has 4 aromatic rings. The summed E-state index contributed by atoms with van der Waals surface area (Å²) in [7, 11) is 0. The van der Waals surface area contributed by atoms with Gasteiger partial charge in [-0.3, -0.25) is 10.1 Å². The van der Waals surface area contributed by atoms with Crippen molar-refractivity contribution in [3.63, 3.8) is 0 Å². The third kappa shape index (κ3) is 3.25. The molecule has 4 heterocycles. The molecule has 1 saturated heterocycles. The van der Waals surface area contributed by atoms with E-state index in [2.05, 4.69) is 30.0 Å². The average molecular weight is 374 g/mol. The zero-order valence-corrected chi connectivity index (χ0v) is 15.1. The second-order valence-electron chi connectivity index (χ2n) is 6.42. The summed E-state index contributed by atoms with van der Waals surface area (Å²) in [5.41, 5.74) is 3.51. The predicted molar refractivity (Wildman–Crippen MR) is 104 cm³/mol. The number of benzene rings is 1. The number of hydrogen-bond acceptors (Lipinski definition) is 7. The van der Waals surface area contributed by atoms with Crippen molar-refractivity contribution in [3.05, 3.63) is 55.0 Å². The Bertz CT molecular complexity index is 1090. The van der Waals surface area contributed by atoms with Crippen LogP contribution in [0.25, 0.3) is 22.2 Å². The van der Waals surface area contributed by atoms with Gasteiger partial charge >= 0.3 is 6.01 Å². The number of rotatable bonds is 4. The highest BCUT2D eigenvalue weighted by molar-refractivity contribution is 5.85. The van der Waals surface area contributed by atoms with Crippen molar-refractivity contribution < 1.29 is 9.47 Å². The number of aromatic nitrogens is 5. The molecule has 28 heavy (non-hydrogen) atoms. The summed E-state index contributed by atoms with van der Waals surface area (Å²) in [5, 5.41) is 6.82. The highest BCUT2D eigenvalue weighted by Gasteiger charge is 2.19. The van der Waals surface area contributed by atoms with Gasteiger partial charge in [0.1, 0.15) is 11.3 Å². The van der Waals surface area contributed by atoms with Gasteiger partial charge in [0.05, 0.1) is 24.9 Å². The molecule has 0 saturated carbocycles. The second kappa shape index (κ2) is 7.24. The molecule has 0 aliphatic carbocycles. The molecule has 8 heteroatoms. The van der Waals surface area contributed by atoms with Gasteiger partial charge < -0.3 is 14.4 Å². The molecule has 0 amide bonds. The Balaban J connectivity index is 1.52. The number of pyridine rings is 1. The van der Waals surface area contributed by atoms with Gasteiger partial charge in [0.25, 0.3) is 0 Å². The summed E-state index contributed by atoms with van der Waals surface area (Å²) >= 11 is 0. The van der Waals surface area contributed by atoms with Gasteiger partial charge in [-0.2, -0.15) is 15.1 Å². The number of nitrogens with zero attached hydrogens (tertiary/aromatic N) is 5. The van der Waals surface area contributed by atoms with Gasteiger partial charge in [-0.1, -0.05) is 12.1 Å². The average Bonchev–Trinajstić information content (AvgIpc) is 3.29. The third-order valence-corrected chi connectivity index (χ3v) is 4.60. The van der Waals surface area contributed by atoms with Gasteiger partial charge in [-0.25, -0.2) is 0 Å². The van der Waals surface area contributed by atoms with Crippen LogP contribution in [-0.4, -0.2) is 51.5 Å². The Kier molecular flexibility index (Phi) is 4.30. The van der Waals surface area contributed by atoms with Crippen LogP contribution in [0.5, 0.6) is 11.8 Å². The van der Waals surface area contributed by atoms with E-state index in [0.717, 1.165) is 41.1 Å². The molecule has 0 unspecified atom stereocenters. The largest absolute Gasteiger partial charge is 0.424 e. The molecule has 3 aromatic heterocycles. The minimum Gasteiger partial charge on any atom is -0.424 e. The summed E-state index contributed by atoms with van der Waals surface area (Å²) in [4.78, 5) is 15.9. The van der Waals surface area contributed by atoms with Crippen LogP contribution in [0.4, 0.5) is 5.82 Å². The van der Waals surface area contributed by atoms with E-state index in [9.17, 15) is 0 Å². The fourth-order valence-electron chi connectivity index (χ4n) is 3.23. The lowest BCUT2D eigenvalue weighted by Gasteiger charge is -2.28. The monoisotopic (exact) mass is 374 g/mol. The van der Waals surface area contributed by atoms with Gasteiger partial charge in [-0.05, 0) is 29.8 Å². The Labute approximate surface area is 161 Å². The molecule has 1 aliphatic heterocycles. The van der Waals surface area contributed by atoms with E-state index < -0.39 is 0 Å². The van der Waals surface area contributed by atoms with Crippen LogP contribution in [0.3, 0.4) is 0 Å². The first-order valence-corrected chi connectivity index (χ1v) is 9.09. The van der Waals surface area contributed by atoms with Crippen LogP contribution in [0.15, 0.2) is 55.0 Å². The van der Waals surface area contributed by atoms with Gasteiger partial charge in [0.15, 0.2) is 5.82 Å². The Morgan fingerprint density at radius 3 is 2.82 bits per heavy atom. The Morgan fingerprint density at radius 2 is 1.96 bits per heavy atom. The molecule has 8 nitrogen and oxygen atoms in total. The molecule has 0 radical (unpaired) electrons. The smallest absolute Gasteiger partial charge is 0.324 e. The molecule has 1 fully saturated rings. The van der Waals surface area contributed by atoms with Crippen LogP contribution in [0.1, 0.15) is 0 Å². The van der Waals surface area contributed by atoms with Crippen LogP contribution in [0.2, 0.25) is 0 Å². The number of nitrogens with one attached hydrogen (secondary N) is 1. The number of anilines is 1. The first kappa shape index (κ1) is 16.6. The highest BCUT2D eigenvalue weighted by Crippen LogP contribution is 2.29. The third-order valence-electron chi connectivity index (χ3n) is 4.60. The Morgan fingerprint density at radius 1 is 1.04 bits per heavy atom. The lowest BCUT2D eigenvalue weighted by Crippen LogP contribution is -2.37. The van der Waals surface area contributed by atoms with Gasteiger partial charge in [0, 0.05) is 31.0 Å². The summed E-state index contributed by atoms with van der Waals surface area (Å²) in [6, 6.07) is 11.8. The second-order valence-corrected chi connectivity index (χ2v) is 6.42. The molecular formula is C20H18N6O2. The SMILES string of the molecule is c1cc(Oc2nc(N3CCOCC3)c3ncccc3n2)cc(-c2cn[nH]c2)c1. The normalized spacial score (nSPS) is 14.4. The number of fused-ring (bicyclic) bond motifs is 1. The first-order chi connectivity index (χ1) is 13.9. The van der Waals surface area contributed by atoms with Crippen LogP contribution >= 0.6 is 0 Å². The molecule has 1 aromatic carbocycles. The number of H-pyrrole nitrogens is 1. The molecule has 5 rings (SSSR count). The minimum absolute atomic E-state index is 0.298. The van der Waals surface area contributed by atoms with E-state index in [-0.39, 0.29) is 0 Å². The summed E-state index contributed by atoms with van der Waals surface area (Å²) in [6.45, 7) is 2.86. The van der Waals surface area contributed by atoms with Crippen LogP contribution in [0, 0.1) is 0 Å². The maximum Gasteiger partial charge on any atom is 0.324 e. The molecular weight excluding hydrogens is 356 g/mol. The molecule has 1 aliphatic rings. The van der Waals surface area contributed by atoms with Gasteiger partial charge in [-0.15, -0.1) is 0 Å². The van der Waals surface area contributed by atoms with E-state index in [1.165, 1.54) is 0 Å². The number of hydrogen-bond donors (Lipinski definition) is 1. The summed E-state index contributed by atoms with van der Waals surface area (Å²) in [5.74, 6) is 1.43. The van der Waals surface area contributed by atoms with Crippen LogP contribution in [-0.2, 0) is 4.74 Å². The van der Waals surface area contributed by atoms with E-state index in [1.807, 2.05) is 42.6 Å². The van der Waals surface area contributed by atoms with E-state index in [4.69, 9.17) is 9.47 Å². The van der Waals surface area contributed by atoms with Gasteiger partial charge in [0.2, 0.25) is 0 Å². The lowest BCUT2D eigenvalue weighted by atomic mass is 10.1. The zero-order chi connectivity index (χ0) is 18.8. The molecule has 0 atom stereocenters. The van der Waals surface area contributed by atoms with Crippen LogP contribution < -0.4 is 9.64 Å². The highest BCUT2D eigenvalue weighted by atomic mass is 16.5. The summed E-state index contributed by atoms with van der Waals surface area (Å²) in [6.07, 6.45) is 5.37. The number of aromatic amines is 1. The first-order valence-electron chi connectivity index (χ1n) is 9.09. The number of morpholine rings is 1. The number of ether oxygens (including phenoxy) is 2. The predicted octanol–water partition coefficient (Wildman–Crippen LogP) is 3.04. The maximum atomic E-state index is 6.02. The van der Waals surface area contributed by atoms with Crippen molar-refractivity contribution in [2.24, 2.45) is 0 Å². The topological polar surface area (TPSA) is 89.1 Å². The minimum atomic E-state index is 0.298. The molecule has 1 N–H and O–H groups in total.